The molecule has 3 N–H and O–H groups in total. The van der Waals surface area contributed by atoms with Gasteiger partial charge in [-0.15, -0.1) is 0 Å². The molecule has 21 heteroatoms. The Morgan fingerprint density at radius 1 is 0.963 bits per heavy atom. The molecule has 3 fully saturated rings. The van der Waals surface area contributed by atoms with Crippen molar-refractivity contribution in [1.82, 2.24) is 45.3 Å². The molecule has 0 aliphatic carbocycles. The number of alkyl halides is 4. The molecule has 444 valence electrons. The van der Waals surface area contributed by atoms with Gasteiger partial charge in [-0.25, -0.2) is 9.82 Å². The number of pyridine rings is 1. The number of rotatable bonds is 11. The third-order valence-corrected chi connectivity index (χ3v) is 16.7. The van der Waals surface area contributed by atoms with Crippen LogP contribution in [0.1, 0.15) is 97.1 Å². The van der Waals surface area contributed by atoms with E-state index in [9.17, 15) is 24.0 Å². The summed E-state index contributed by atoms with van der Waals surface area (Å²) in [5, 5.41) is 8.15. The number of anilines is 1. The highest BCUT2D eigenvalue weighted by Crippen LogP contribution is 2.44. The van der Waals surface area contributed by atoms with Gasteiger partial charge in [0.05, 0.1) is 41.5 Å². The van der Waals surface area contributed by atoms with E-state index in [4.69, 9.17) is 14.5 Å². The molecule has 17 nitrogen and oxygen atoms in total. The SMILES string of the molecule is CO[C@@H](C)c1ncc(N2CCNCC2)cc1-c1c2c3cc(ccc3n1CC(F)(F)F)-c1cccc(c1)C[C@H](NC(=O)[C@H](C(C)C)N(C)C(=O)C1(F)CCN(C(=O)C#CC(C)(C)N(C)C)CC1)C(=O)N1CCC[C@H](N1)C(=O)OCC(C)(C)C2. The molecule has 2 aromatic heterocycles. The van der Waals surface area contributed by atoms with E-state index in [2.05, 4.69) is 32.8 Å². The normalized spacial score (nSPS) is 20.6. The third kappa shape index (κ3) is 13.7. The lowest BCUT2D eigenvalue weighted by molar-refractivity contribution is -0.156. The smallest absolute Gasteiger partial charge is 0.406 e. The summed E-state index contributed by atoms with van der Waals surface area (Å²) in [5.74, 6) is 1.76. The van der Waals surface area contributed by atoms with Crippen LogP contribution in [0, 0.1) is 23.2 Å². The van der Waals surface area contributed by atoms with Crippen LogP contribution in [-0.4, -0.2) is 175 Å². The van der Waals surface area contributed by atoms with Crippen molar-refractivity contribution in [3.63, 3.8) is 0 Å². The highest BCUT2D eigenvalue weighted by Gasteiger charge is 2.48. The van der Waals surface area contributed by atoms with E-state index in [0.717, 1.165) is 23.7 Å². The monoisotopic (exact) mass is 1140 g/mol. The lowest BCUT2D eigenvalue weighted by atomic mass is 9.84. The summed E-state index contributed by atoms with van der Waals surface area (Å²) in [6, 6.07) is 11.1. The summed E-state index contributed by atoms with van der Waals surface area (Å²) in [7, 11) is 6.59. The predicted molar refractivity (Wildman–Crippen MR) is 306 cm³/mol. The van der Waals surface area contributed by atoms with Crippen molar-refractivity contribution in [3.8, 4) is 34.2 Å². The number of likely N-dealkylation sites (N-methyl/N-ethyl adjacent to an activating group) is 1. The first kappa shape index (κ1) is 61.5. The van der Waals surface area contributed by atoms with Gasteiger partial charge >= 0.3 is 12.1 Å². The van der Waals surface area contributed by atoms with Crippen LogP contribution in [0.3, 0.4) is 0 Å². The van der Waals surface area contributed by atoms with Gasteiger partial charge in [-0.3, -0.25) is 38.9 Å². The van der Waals surface area contributed by atoms with Gasteiger partial charge < -0.3 is 39.4 Å². The van der Waals surface area contributed by atoms with E-state index < -0.39 is 89.1 Å². The number of cyclic esters (lactones) is 1. The number of esters is 1. The van der Waals surface area contributed by atoms with Crippen LogP contribution in [0.15, 0.2) is 54.7 Å². The van der Waals surface area contributed by atoms with E-state index in [1.807, 2.05) is 77.9 Å². The zero-order valence-corrected chi connectivity index (χ0v) is 49.2. The maximum absolute atomic E-state index is 16.9. The first-order valence-electron chi connectivity index (χ1n) is 28.4. The standard InChI is InChI=1S/C61H80F4N10O7/c1-38(2)52(71(10)57(80)60(62)21-26-73(27-22-60)50(76)19-20-59(6,7)70(8)9)54(77)68-48-31-40-14-12-15-41(30-40)42-17-18-49-44(32-42)46(34-58(4,5)37-82-56(79)47-16-13-25-75(69-47)55(48)78)53(74(49)36-61(63,64)65)45-33-43(72-28-23-66-24-29-72)35-67-51(45)39(3)81-11/h12,14-15,17-18,30,32-33,35,38-39,47-48,52,66,69H,13,16,21-29,31,34,36-37H2,1-11H3,(H,68,77)/t39-,47-,48-,52-/m0/s1. The van der Waals surface area contributed by atoms with E-state index in [1.165, 1.54) is 28.6 Å². The van der Waals surface area contributed by atoms with Crippen molar-refractivity contribution in [2.45, 2.75) is 135 Å². The Kier molecular flexibility index (Phi) is 18.5. The molecule has 0 spiro atoms. The number of amides is 4. The molecule has 0 radical (unpaired) electrons. The molecule has 8 rings (SSSR count). The largest absolute Gasteiger partial charge is 0.464 e. The molecule has 4 aromatic rings. The third-order valence-electron chi connectivity index (χ3n) is 16.7. The second-order valence-corrected chi connectivity index (χ2v) is 24.3. The summed E-state index contributed by atoms with van der Waals surface area (Å²) in [6.07, 6.45) is -3.28. The van der Waals surface area contributed by atoms with Gasteiger partial charge in [0.15, 0.2) is 5.67 Å². The van der Waals surface area contributed by atoms with E-state index in [0.29, 0.717) is 76.0 Å². The highest BCUT2D eigenvalue weighted by atomic mass is 19.4. The average molecular weight is 1140 g/mol. The van der Waals surface area contributed by atoms with Gasteiger partial charge in [-0.05, 0) is 106 Å². The topological polar surface area (TPSA) is 174 Å². The van der Waals surface area contributed by atoms with Crippen LogP contribution in [0.25, 0.3) is 33.3 Å². The molecular formula is C61H80F4N10O7. The molecule has 0 unspecified atom stereocenters. The Labute approximate surface area is 478 Å². The number of hydrogen-bond donors (Lipinski definition) is 3. The fourth-order valence-corrected chi connectivity index (χ4v) is 11.4. The number of carbonyl (C=O) groups excluding carboxylic acids is 5. The van der Waals surface area contributed by atoms with Gasteiger partial charge in [-0.2, -0.15) is 13.2 Å². The predicted octanol–water partition coefficient (Wildman–Crippen LogP) is 6.86. The van der Waals surface area contributed by atoms with Crippen LogP contribution < -0.4 is 21.0 Å². The molecule has 82 heavy (non-hydrogen) atoms. The van der Waals surface area contributed by atoms with Crippen molar-refractivity contribution in [2.24, 2.45) is 11.3 Å². The number of carbonyl (C=O) groups is 5. The summed E-state index contributed by atoms with van der Waals surface area (Å²) < 4.78 is 75.4. The van der Waals surface area contributed by atoms with Crippen molar-refractivity contribution in [1.29, 1.82) is 0 Å². The number of piperidine rings is 1. The first-order chi connectivity index (χ1) is 38.6. The zero-order valence-electron chi connectivity index (χ0n) is 49.2. The molecule has 6 heterocycles. The Morgan fingerprint density at radius 3 is 2.32 bits per heavy atom. The number of likely N-dealkylation sites (tertiary alicyclic amines) is 1. The molecule has 2 aromatic carbocycles. The van der Waals surface area contributed by atoms with E-state index in [1.54, 1.807) is 44.3 Å². The maximum atomic E-state index is 16.9. The number of nitrogens with one attached hydrogen (secondary N) is 3. The van der Waals surface area contributed by atoms with Crippen molar-refractivity contribution >= 4 is 46.2 Å². The fourth-order valence-electron chi connectivity index (χ4n) is 11.4. The molecule has 4 amide bonds. The number of benzene rings is 2. The molecule has 4 aliphatic heterocycles. The van der Waals surface area contributed by atoms with Gasteiger partial charge in [0.2, 0.25) is 5.91 Å². The highest BCUT2D eigenvalue weighted by molar-refractivity contribution is 5.97. The van der Waals surface area contributed by atoms with Crippen LogP contribution in [-0.2, 0) is 52.8 Å². The van der Waals surface area contributed by atoms with Gasteiger partial charge in [0.25, 0.3) is 17.7 Å². The van der Waals surface area contributed by atoms with E-state index >= 15 is 17.6 Å². The molecule has 4 aliphatic rings. The number of halogens is 4. The number of aromatic nitrogens is 2. The van der Waals surface area contributed by atoms with Crippen molar-refractivity contribution in [3.05, 3.63) is 71.5 Å². The fraction of sp³-hybridized carbons (Fsp3) is 0.574. The lowest BCUT2D eigenvalue weighted by Crippen LogP contribution is -2.63. The molecule has 6 bridgehead atoms. The van der Waals surface area contributed by atoms with Crippen molar-refractivity contribution < 1.29 is 51.0 Å². The zero-order chi connectivity index (χ0) is 59.6. The van der Waals surface area contributed by atoms with Crippen LogP contribution in [0.5, 0.6) is 0 Å². The Morgan fingerprint density at radius 2 is 1.66 bits per heavy atom. The Bertz CT molecular complexity index is 3100. The molecular weight excluding hydrogens is 1060 g/mol. The minimum atomic E-state index is -4.64. The van der Waals surface area contributed by atoms with Gasteiger partial charge in [0, 0.05) is 101 Å². The number of hydrogen-bond acceptors (Lipinski definition) is 12. The average Bonchev–Trinajstić information content (AvgIpc) is 3.06. The minimum absolute atomic E-state index is 0.0608. The second-order valence-electron chi connectivity index (χ2n) is 24.3. The van der Waals surface area contributed by atoms with Crippen molar-refractivity contribution in [2.75, 3.05) is 85.6 Å². The number of fused-ring (bicyclic) bond motifs is 6. The van der Waals surface area contributed by atoms with Crippen LogP contribution in [0.2, 0.25) is 0 Å². The van der Waals surface area contributed by atoms with E-state index in [-0.39, 0.29) is 51.9 Å². The number of methoxy groups -OCH3 is 1. The Balaban J connectivity index is 1.17. The number of ether oxygens (including phenoxy) is 2. The first-order valence-corrected chi connectivity index (χ1v) is 28.4. The number of piperazine rings is 1. The summed E-state index contributed by atoms with van der Waals surface area (Å²) in [5.41, 5.74) is 4.16. The summed E-state index contributed by atoms with van der Waals surface area (Å²) in [6.45, 7) is 14.2. The summed E-state index contributed by atoms with van der Waals surface area (Å²) >= 11 is 0. The van der Waals surface area contributed by atoms with Crippen LogP contribution >= 0.6 is 0 Å². The second kappa shape index (κ2) is 24.7. The van der Waals surface area contributed by atoms with Gasteiger partial charge in [0.1, 0.15) is 24.7 Å². The van der Waals surface area contributed by atoms with Crippen LogP contribution in [0.4, 0.5) is 23.2 Å². The number of nitrogens with zero attached hydrogens (tertiary/aromatic N) is 7. The Hall–Kier alpha value is -6.60. The minimum Gasteiger partial charge on any atom is -0.464 e. The molecule has 4 atom stereocenters. The maximum Gasteiger partial charge on any atom is 0.406 e. The number of hydrazine groups is 1. The summed E-state index contributed by atoms with van der Waals surface area (Å²) in [4.78, 5) is 82.6. The molecule has 3 saturated heterocycles. The quantitative estimate of drug-likeness (QED) is 0.0811. The van der Waals surface area contributed by atoms with Gasteiger partial charge in [-0.1, -0.05) is 63.9 Å². The molecule has 0 saturated carbocycles. The lowest BCUT2D eigenvalue weighted by Gasteiger charge is -2.40.